The van der Waals surface area contributed by atoms with Crippen LogP contribution in [0, 0.1) is 0 Å². The number of halogens is 1. The Kier molecular flexibility index (Phi) is 6.62. The van der Waals surface area contributed by atoms with Gasteiger partial charge in [-0.25, -0.2) is 0 Å². The van der Waals surface area contributed by atoms with Crippen LogP contribution in [0.15, 0.2) is 0 Å². The minimum Gasteiger partial charge on any atom is -0.305 e. The van der Waals surface area contributed by atoms with E-state index in [0.717, 1.165) is 11.9 Å². The van der Waals surface area contributed by atoms with Crippen LogP contribution in [-0.4, -0.2) is 55.5 Å². The fraction of sp³-hybridized carbons (Fsp3) is 1.00. The van der Waals surface area contributed by atoms with Crippen molar-refractivity contribution in [2.45, 2.75) is 38.1 Å². The second kappa shape index (κ2) is 7.48. The minimum atomic E-state index is 0.770. The van der Waals surface area contributed by atoms with E-state index >= 15 is 0 Å². The Balaban J connectivity index is 2.13. The van der Waals surface area contributed by atoms with Gasteiger partial charge in [0.25, 0.3) is 0 Å². The largest absolute Gasteiger partial charge is 0.305 e. The highest BCUT2D eigenvalue weighted by Crippen LogP contribution is 2.14. The Morgan fingerprint density at radius 3 is 2.73 bits per heavy atom. The molecule has 0 aromatic carbocycles. The average molecular weight is 233 g/mol. The topological polar surface area (TPSA) is 6.48 Å². The number of rotatable bonds is 6. The monoisotopic (exact) mass is 232 g/mol. The van der Waals surface area contributed by atoms with E-state index < -0.39 is 0 Å². The number of nitrogens with zero attached hydrogens (tertiary/aromatic N) is 2. The maximum absolute atomic E-state index is 5.67. The summed E-state index contributed by atoms with van der Waals surface area (Å²) in [6.07, 6.45) is 6.50. The van der Waals surface area contributed by atoms with E-state index in [1.807, 2.05) is 0 Å². The molecule has 0 saturated carbocycles. The fourth-order valence-electron chi connectivity index (χ4n) is 2.26. The standard InChI is InChI=1S/C12H25ClN2/c1-14(2)12-7-6-10-15(11-12)9-5-3-4-8-13/h12H,3-11H2,1-2H3. The molecule has 1 rings (SSSR count). The Morgan fingerprint density at radius 1 is 1.27 bits per heavy atom. The lowest BCUT2D eigenvalue weighted by Gasteiger charge is -2.36. The van der Waals surface area contributed by atoms with Crippen LogP contribution in [0.4, 0.5) is 0 Å². The zero-order valence-corrected chi connectivity index (χ0v) is 11.0. The molecule has 90 valence electrons. The summed E-state index contributed by atoms with van der Waals surface area (Å²) in [6, 6.07) is 0.770. The zero-order valence-electron chi connectivity index (χ0n) is 10.2. The van der Waals surface area contributed by atoms with Crippen LogP contribution in [0.1, 0.15) is 32.1 Å². The molecule has 15 heavy (non-hydrogen) atoms. The van der Waals surface area contributed by atoms with Crippen molar-refractivity contribution in [2.75, 3.05) is 39.6 Å². The Bertz CT molecular complexity index is 162. The van der Waals surface area contributed by atoms with E-state index in [2.05, 4.69) is 23.9 Å². The Labute approximate surface area is 99.6 Å². The number of hydrogen-bond acceptors (Lipinski definition) is 2. The molecule has 1 aliphatic heterocycles. The average Bonchev–Trinajstić information content (AvgIpc) is 2.25. The van der Waals surface area contributed by atoms with E-state index in [0.29, 0.717) is 0 Å². The second-order valence-electron chi connectivity index (χ2n) is 4.81. The highest BCUT2D eigenvalue weighted by molar-refractivity contribution is 6.17. The maximum atomic E-state index is 5.67. The Hall–Kier alpha value is 0.210. The highest BCUT2D eigenvalue weighted by atomic mass is 35.5. The number of unbranched alkanes of at least 4 members (excludes halogenated alkanes) is 2. The van der Waals surface area contributed by atoms with Crippen LogP contribution in [0.25, 0.3) is 0 Å². The summed E-state index contributed by atoms with van der Waals surface area (Å²) in [5, 5.41) is 0. The maximum Gasteiger partial charge on any atom is 0.0223 e. The van der Waals surface area contributed by atoms with Crippen molar-refractivity contribution in [3.05, 3.63) is 0 Å². The molecule has 1 atom stereocenters. The van der Waals surface area contributed by atoms with Gasteiger partial charge in [0.05, 0.1) is 0 Å². The number of alkyl halides is 1. The molecule has 0 N–H and O–H groups in total. The zero-order chi connectivity index (χ0) is 11.1. The lowest BCUT2D eigenvalue weighted by Crippen LogP contribution is -2.45. The van der Waals surface area contributed by atoms with Crippen molar-refractivity contribution in [3.63, 3.8) is 0 Å². The lowest BCUT2D eigenvalue weighted by atomic mass is 10.0. The van der Waals surface area contributed by atoms with Crippen LogP contribution in [0.2, 0.25) is 0 Å². The molecular weight excluding hydrogens is 208 g/mol. The van der Waals surface area contributed by atoms with Gasteiger partial charge in [-0.1, -0.05) is 6.42 Å². The van der Waals surface area contributed by atoms with Crippen molar-refractivity contribution < 1.29 is 0 Å². The van der Waals surface area contributed by atoms with Gasteiger partial charge in [-0.15, -0.1) is 11.6 Å². The molecule has 0 aliphatic carbocycles. The first-order chi connectivity index (χ1) is 7.24. The van der Waals surface area contributed by atoms with E-state index in [-0.39, 0.29) is 0 Å². The van der Waals surface area contributed by atoms with Gasteiger partial charge < -0.3 is 9.80 Å². The van der Waals surface area contributed by atoms with Crippen molar-refractivity contribution in [3.8, 4) is 0 Å². The van der Waals surface area contributed by atoms with Gasteiger partial charge in [-0.2, -0.15) is 0 Å². The van der Waals surface area contributed by atoms with Crippen molar-refractivity contribution in [2.24, 2.45) is 0 Å². The Morgan fingerprint density at radius 2 is 2.07 bits per heavy atom. The van der Waals surface area contributed by atoms with Gasteiger partial charge in [0.15, 0.2) is 0 Å². The summed E-state index contributed by atoms with van der Waals surface area (Å²) in [6.45, 7) is 3.82. The number of piperidine rings is 1. The van der Waals surface area contributed by atoms with Crippen LogP contribution in [-0.2, 0) is 0 Å². The lowest BCUT2D eigenvalue weighted by molar-refractivity contribution is 0.131. The van der Waals surface area contributed by atoms with E-state index in [1.54, 1.807) is 0 Å². The van der Waals surface area contributed by atoms with Crippen LogP contribution in [0.5, 0.6) is 0 Å². The van der Waals surface area contributed by atoms with Crippen LogP contribution < -0.4 is 0 Å². The molecule has 1 fully saturated rings. The number of likely N-dealkylation sites (tertiary alicyclic amines) is 1. The summed E-state index contributed by atoms with van der Waals surface area (Å²) in [4.78, 5) is 4.98. The van der Waals surface area contributed by atoms with Gasteiger partial charge in [0.2, 0.25) is 0 Å². The molecular formula is C12H25ClN2. The molecule has 2 nitrogen and oxygen atoms in total. The second-order valence-corrected chi connectivity index (χ2v) is 5.19. The van der Waals surface area contributed by atoms with Gasteiger partial charge in [-0.3, -0.25) is 0 Å². The predicted molar refractivity (Wildman–Crippen MR) is 67.7 cm³/mol. The van der Waals surface area contributed by atoms with Crippen molar-refractivity contribution in [1.29, 1.82) is 0 Å². The van der Waals surface area contributed by atoms with Gasteiger partial charge in [0, 0.05) is 18.5 Å². The first-order valence-corrected chi connectivity index (χ1v) is 6.72. The third kappa shape index (κ3) is 5.19. The number of hydrogen-bond donors (Lipinski definition) is 0. The molecule has 1 saturated heterocycles. The quantitative estimate of drug-likeness (QED) is 0.513. The summed E-state index contributed by atoms with van der Waals surface area (Å²) < 4.78 is 0. The molecule has 0 aromatic heterocycles. The normalized spacial score (nSPS) is 23.6. The smallest absolute Gasteiger partial charge is 0.0223 e. The van der Waals surface area contributed by atoms with E-state index in [9.17, 15) is 0 Å². The summed E-state index contributed by atoms with van der Waals surface area (Å²) >= 11 is 5.67. The molecule has 1 heterocycles. The molecule has 0 aromatic rings. The molecule has 0 spiro atoms. The van der Waals surface area contributed by atoms with Gasteiger partial charge in [-0.05, 0) is 52.9 Å². The minimum absolute atomic E-state index is 0.770. The molecule has 3 heteroatoms. The van der Waals surface area contributed by atoms with E-state index in [4.69, 9.17) is 11.6 Å². The molecule has 0 bridgehead atoms. The highest BCUT2D eigenvalue weighted by Gasteiger charge is 2.20. The molecule has 0 amide bonds. The van der Waals surface area contributed by atoms with E-state index in [1.165, 1.54) is 51.7 Å². The van der Waals surface area contributed by atoms with Crippen molar-refractivity contribution in [1.82, 2.24) is 9.80 Å². The molecule has 0 radical (unpaired) electrons. The third-order valence-corrected chi connectivity index (χ3v) is 3.59. The van der Waals surface area contributed by atoms with Crippen LogP contribution >= 0.6 is 11.6 Å². The fourth-order valence-corrected chi connectivity index (χ4v) is 2.45. The first kappa shape index (κ1) is 13.3. The predicted octanol–water partition coefficient (Wildman–Crippen LogP) is 2.42. The summed E-state index contributed by atoms with van der Waals surface area (Å²) in [5.74, 6) is 0.820. The first-order valence-electron chi connectivity index (χ1n) is 6.19. The SMILES string of the molecule is CN(C)C1CCCN(CCCCCCl)C1. The third-order valence-electron chi connectivity index (χ3n) is 3.32. The van der Waals surface area contributed by atoms with Crippen LogP contribution in [0.3, 0.4) is 0 Å². The van der Waals surface area contributed by atoms with Crippen molar-refractivity contribution >= 4 is 11.6 Å². The number of likely N-dealkylation sites (N-methyl/N-ethyl adjacent to an activating group) is 1. The molecule has 1 unspecified atom stereocenters. The van der Waals surface area contributed by atoms with Gasteiger partial charge in [0.1, 0.15) is 0 Å². The summed E-state index contributed by atoms with van der Waals surface area (Å²) in [5.41, 5.74) is 0. The van der Waals surface area contributed by atoms with Gasteiger partial charge >= 0.3 is 0 Å². The summed E-state index contributed by atoms with van der Waals surface area (Å²) in [7, 11) is 4.39. The molecule has 1 aliphatic rings.